The van der Waals surface area contributed by atoms with Crippen LogP contribution in [0.4, 0.5) is 5.69 Å². The van der Waals surface area contributed by atoms with Crippen LogP contribution in [-0.2, 0) is 14.0 Å². The molecule has 102 valence electrons. The highest BCUT2D eigenvalue weighted by Gasteiger charge is 2.61. The fourth-order valence-corrected chi connectivity index (χ4v) is 4.23. The average molecular weight is 297 g/mol. The predicted octanol–water partition coefficient (Wildman–Crippen LogP) is -0.231. The number of nitrogens with two attached hydrogens (primary N) is 1. The first-order valence-corrected chi connectivity index (χ1v) is 7.87. The molecular formula is C8H13NO7P2. The molecule has 0 unspecified atom stereocenters. The molecule has 0 saturated heterocycles. The molecule has 18 heavy (non-hydrogen) atoms. The summed E-state index contributed by atoms with van der Waals surface area (Å²) in [6, 6.07) is 4.57. The van der Waals surface area contributed by atoms with E-state index in [0.717, 1.165) is 12.1 Å². The minimum atomic E-state index is -5.32. The molecule has 0 aromatic heterocycles. The molecule has 8 nitrogen and oxygen atoms in total. The maximum Gasteiger partial charge on any atom is 0.350 e. The van der Waals surface area contributed by atoms with Gasteiger partial charge in [0.1, 0.15) is 0 Å². The number of aliphatic hydroxyl groups excluding tert-OH is 1. The Balaban J connectivity index is 3.62. The number of rotatable bonds is 4. The van der Waals surface area contributed by atoms with Gasteiger partial charge in [0, 0.05) is 5.69 Å². The zero-order valence-corrected chi connectivity index (χ0v) is 10.8. The highest BCUT2D eigenvalue weighted by Crippen LogP contribution is 2.74. The van der Waals surface area contributed by atoms with Gasteiger partial charge in [0.05, 0.1) is 6.61 Å². The second-order valence-corrected chi connectivity index (χ2v) is 7.74. The minimum Gasteiger partial charge on any atom is -0.399 e. The van der Waals surface area contributed by atoms with Crippen molar-refractivity contribution in [2.24, 2.45) is 0 Å². The Labute approximate surface area is 102 Å². The minimum absolute atomic E-state index is 0.252. The lowest BCUT2D eigenvalue weighted by Crippen LogP contribution is -2.30. The topological polar surface area (TPSA) is 161 Å². The number of hydrogen-bond donors (Lipinski definition) is 6. The zero-order chi connectivity index (χ0) is 14.2. The third-order valence-electron chi connectivity index (χ3n) is 2.56. The molecule has 0 saturated carbocycles. The zero-order valence-electron chi connectivity index (χ0n) is 9.04. The Bertz CT molecular complexity index is 495. The highest BCUT2D eigenvalue weighted by atomic mass is 31.2. The van der Waals surface area contributed by atoms with Gasteiger partial charge in [-0.3, -0.25) is 9.13 Å². The lowest BCUT2D eigenvalue weighted by atomic mass is 10.1. The van der Waals surface area contributed by atoms with Gasteiger partial charge in [0.15, 0.2) is 0 Å². The molecule has 10 heteroatoms. The first-order chi connectivity index (χ1) is 8.06. The van der Waals surface area contributed by atoms with E-state index in [0.29, 0.717) is 0 Å². The van der Waals surface area contributed by atoms with Crippen molar-refractivity contribution < 1.29 is 33.8 Å². The largest absolute Gasteiger partial charge is 0.399 e. The Morgan fingerprint density at radius 2 is 1.39 bits per heavy atom. The highest BCUT2D eigenvalue weighted by molar-refractivity contribution is 7.71. The van der Waals surface area contributed by atoms with E-state index in [9.17, 15) is 28.7 Å². The maximum atomic E-state index is 11.4. The molecule has 0 atom stereocenters. The van der Waals surface area contributed by atoms with Gasteiger partial charge in [-0.2, -0.15) is 0 Å². The van der Waals surface area contributed by atoms with Crippen LogP contribution in [0.5, 0.6) is 0 Å². The van der Waals surface area contributed by atoms with Crippen molar-refractivity contribution in [3.63, 3.8) is 0 Å². The summed E-state index contributed by atoms with van der Waals surface area (Å²) in [7, 11) is -10.6. The van der Waals surface area contributed by atoms with Gasteiger partial charge < -0.3 is 30.4 Å². The lowest BCUT2D eigenvalue weighted by Gasteiger charge is -2.33. The quantitative estimate of drug-likeness (QED) is 0.328. The van der Waals surface area contributed by atoms with E-state index in [1.807, 2.05) is 0 Å². The van der Waals surface area contributed by atoms with Crippen LogP contribution in [0.1, 0.15) is 5.56 Å². The summed E-state index contributed by atoms with van der Waals surface area (Å²) in [5.74, 6) is 0. The van der Waals surface area contributed by atoms with Gasteiger partial charge >= 0.3 is 15.2 Å². The van der Waals surface area contributed by atoms with Crippen molar-refractivity contribution >= 4 is 20.9 Å². The molecule has 0 bridgehead atoms. The number of nitrogen functional groups attached to an aromatic ring is 1. The molecule has 0 amide bonds. The van der Waals surface area contributed by atoms with Crippen LogP contribution in [0.2, 0.25) is 0 Å². The van der Waals surface area contributed by atoms with Gasteiger partial charge in [0.2, 0.25) is 4.90 Å². The molecule has 0 aliphatic heterocycles. The molecule has 1 rings (SSSR count). The SMILES string of the molecule is Nc1ccc(C(CO)(P(=O)(O)O)P(=O)(O)O)cc1. The molecule has 0 heterocycles. The first-order valence-electron chi connectivity index (χ1n) is 4.64. The van der Waals surface area contributed by atoms with Crippen LogP contribution in [0.15, 0.2) is 24.3 Å². The van der Waals surface area contributed by atoms with E-state index in [1.54, 1.807) is 0 Å². The number of hydrogen-bond acceptors (Lipinski definition) is 4. The van der Waals surface area contributed by atoms with Crippen LogP contribution in [0.25, 0.3) is 0 Å². The van der Waals surface area contributed by atoms with Crippen LogP contribution >= 0.6 is 15.2 Å². The summed E-state index contributed by atoms with van der Waals surface area (Å²) < 4.78 is 22.9. The Kier molecular flexibility index (Phi) is 4.05. The van der Waals surface area contributed by atoms with E-state index in [4.69, 9.17) is 10.8 Å². The van der Waals surface area contributed by atoms with Crippen LogP contribution in [0, 0.1) is 0 Å². The van der Waals surface area contributed by atoms with Crippen molar-refractivity contribution in [3.05, 3.63) is 29.8 Å². The normalized spacial score (nSPS) is 13.6. The smallest absolute Gasteiger partial charge is 0.350 e. The second kappa shape index (κ2) is 4.75. The van der Waals surface area contributed by atoms with E-state index in [1.165, 1.54) is 12.1 Å². The molecule has 0 aliphatic rings. The standard InChI is InChI=1S/C8H13NO7P2/c9-7-3-1-6(2-4-7)8(5-10,17(11,12)13)18(14,15)16/h1-4,10H,5,9H2,(H2,11,12,13)(H2,14,15,16). The van der Waals surface area contributed by atoms with Crippen molar-refractivity contribution in [2.45, 2.75) is 4.90 Å². The third-order valence-corrected chi connectivity index (χ3v) is 6.85. The fraction of sp³-hybridized carbons (Fsp3) is 0.250. The van der Waals surface area contributed by atoms with Gasteiger partial charge in [0.25, 0.3) is 0 Å². The fourth-order valence-electron chi connectivity index (χ4n) is 1.53. The monoisotopic (exact) mass is 297 g/mol. The lowest BCUT2D eigenvalue weighted by molar-refractivity contribution is 0.223. The predicted molar refractivity (Wildman–Crippen MR) is 63.7 cm³/mol. The van der Waals surface area contributed by atoms with Crippen molar-refractivity contribution in [3.8, 4) is 0 Å². The molecule has 0 spiro atoms. The maximum absolute atomic E-state index is 11.4. The summed E-state index contributed by atoms with van der Waals surface area (Å²) in [4.78, 5) is 33.9. The van der Waals surface area contributed by atoms with Crippen LogP contribution in [-0.4, -0.2) is 31.3 Å². The van der Waals surface area contributed by atoms with Crippen LogP contribution < -0.4 is 5.73 Å². The number of benzene rings is 1. The third kappa shape index (κ3) is 2.37. The Hall–Kier alpha value is -0.720. The molecule has 0 aliphatic carbocycles. The first kappa shape index (κ1) is 15.3. The van der Waals surface area contributed by atoms with Crippen LogP contribution in [0.3, 0.4) is 0 Å². The molecule has 0 radical (unpaired) electrons. The van der Waals surface area contributed by atoms with Crippen molar-refractivity contribution in [1.82, 2.24) is 0 Å². The van der Waals surface area contributed by atoms with Gasteiger partial charge in [-0.05, 0) is 17.7 Å². The van der Waals surface area contributed by atoms with Gasteiger partial charge in [-0.25, -0.2) is 0 Å². The number of anilines is 1. The summed E-state index contributed by atoms with van der Waals surface area (Å²) in [5, 5.41) is 9.15. The molecule has 1 aromatic rings. The summed E-state index contributed by atoms with van der Waals surface area (Å²) in [6.45, 7) is -1.40. The van der Waals surface area contributed by atoms with E-state index in [2.05, 4.69) is 0 Å². The van der Waals surface area contributed by atoms with Crippen molar-refractivity contribution in [2.75, 3.05) is 12.3 Å². The molecular weight excluding hydrogens is 284 g/mol. The Morgan fingerprint density at radius 1 is 1.00 bits per heavy atom. The van der Waals surface area contributed by atoms with Crippen molar-refractivity contribution in [1.29, 1.82) is 0 Å². The van der Waals surface area contributed by atoms with Gasteiger partial charge in [-0.1, -0.05) is 12.1 Å². The van der Waals surface area contributed by atoms with E-state index >= 15 is 0 Å². The summed E-state index contributed by atoms with van der Waals surface area (Å²) >= 11 is 0. The molecule has 7 N–H and O–H groups in total. The summed E-state index contributed by atoms with van der Waals surface area (Å²) in [6.07, 6.45) is 0. The van der Waals surface area contributed by atoms with E-state index < -0.39 is 26.7 Å². The second-order valence-electron chi connectivity index (χ2n) is 3.68. The number of aliphatic hydroxyl groups is 1. The van der Waals surface area contributed by atoms with E-state index in [-0.39, 0.29) is 11.3 Å². The molecule has 1 aromatic carbocycles. The molecule has 0 fully saturated rings. The average Bonchev–Trinajstić information content (AvgIpc) is 2.18. The summed E-state index contributed by atoms with van der Waals surface area (Å²) in [5.41, 5.74) is 5.26. The Morgan fingerprint density at radius 3 is 1.67 bits per heavy atom. The van der Waals surface area contributed by atoms with Gasteiger partial charge in [-0.15, -0.1) is 0 Å².